The Bertz CT molecular complexity index is 982. The molecule has 182 valence electrons. The molecule has 0 unspecified atom stereocenters. The summed E-state index contributed by atoms with van der Waals surface area (Å²) < 4.78 is 6.46. The quantitative estimate of drug-likeness (QED) is 0.559. The first-order valence-electron chi connectivity index (χ1n) is 13.0. The van der Waals surface area contributed by atoms with Crippen molar-refractivity contribution in [2.24, 2.45) is 0 Å². The van der Waals surface area contributed by atoms with Crippen LogP contribution in [0.15, 0.2) is 15.4 Å². The summed E-state index contributed by atoms with van der Waals surface area (Å²) in [7, 11) is -1.90. The minimum absolute atomic E-state index is 0.0504. The fourth-order valence-electron chi connectivity index (χ4n) is 6.75. The number of aromatic amines is 1. The number of hydrogen-bond donors (Lipinski definition) is 1. The van der Waals surface area contributed by atoms with Gasteiger partial charge in [-0.25, -0.2) is 9.97 Å². The normalized spacial score (nSPS) is 18.5. The van der Waals surface area contributed by atoms with Crippen LogP contribution in [0.4, 0.5) is 0 Å². The van der Waals surface area contributed by atoms with E-state index < -0.39 is 8.07 Å². The van der Waals surface area contributed by atoms with Gasteiger partial charge in [-0.15, -0.1) is 0 Å². The zero-order chi connectivity index (χ0) is 23.8. The van der Waals surface area contributed by atoms with Gasteiger partial charge in [-0.1, -0.05) is 60.8 Å². The highest BCUT2D eigenvalue weighted by Gasteiger charge is 2.49. The topological polar surface area (TPSA) is 75.0 Å². The number of nitrogens with one attached hydrogen (secondary N) is 1. The minimum Gasteiger partial charge on any atom is -0.449 e. The third-order valence-electron chi connectivity index (χ3n) is 8.33. The van der Waals surface area contributed by atoms with Crippen molar-refractivity contribution in [2.45, 2.75) is 116 Å². The van der Waals surface area contributed by atoms with Gasteiger partial charge in [-0.3, -0.25) is 9.69 Å². The summed E-state index contributed by atoms with van der Waals surface area (Å²) in [5, 5.41) is 0. The lowest BCUT2D eigenvalue weighted by molar-refractivity contribution is 0.223. The molecule has 0 saturated heterocycles. The van der Waals surface area contributed by atoms with Gasteiger partial charge < -0.3 is 9.40 Å². The first kappa shape index (κ1) is 24.4. The number of oxazole rings is 1. The lowest BCUT2D eigenvalue weighted by atomic mass is 9.88. The molecular formula is C26H42N4O2Si. The van der Waals surface area contributed by atoms with E-state index in [9.17, 15) is 4.79 Å². The fourth-order valence-corrected chi connectivity index (χ4v) is 12.8. The van der Waals surface area contributed by atoms with Gasteiger partial charge in [0.05, 0.1) is 24.0 Å². The van der Waals surface area contributed by atoms with Crippen LogP contribution in [0.3, 0.4) is 0 Å². The summed E-state index contributed by atoms with van der Waals surface area (Å²) in [5.41, 5.74) is 4.56. The summed E-state index contributed by atoms with van der Waals surface area (Å²) in [4.78, 5) is 28.1. The molecule has 1 aliphatic heterocycles. The highest BCUT2D eigenvalue weighted by atomic mass is 28.3. The monoisotopic (exact) mass is 470 g/mol. The Balaban J connectivity index is 1.50. The Kier molecular flexibility index (Phi) is 7.29. The number of nitrogens with zero attached hydrogens (tertiary/aromatic N) is 3. The predicted molar refractivity (Wildman–Crippen MR) is 136 cm³/mol. The van der Waals surface area contributed by atoms with Gasteiger partial charge in [0, 0.05) is 25.4 Å². The molecule has 1 fully saturated rings. The molecule has 1 N–H and O–H groups in total. The second kappa shape index (κ2) is 9.86. The van der Waals surface area contributed by atoms with Crippen LogP contribution in [0.2, 0.25) is 16.6 Å². The van der Waals surface area contributed by atoms with E-state index in [1.807, 2.05) is 6.20 Å². The minimum atomic E-state index is -1.90. The van der Waals surface area contributed by atoms with Gasteiger partial charge in [-0.2, -0.15) is 0 Å². The van der Waals surface area contributed by atoms with Gasteiger partial charge >= 0.3 is 0 Å². The molecule has 2 aliphatic rings. The van der Waals surface area contributed by atoms with Crippen molar-refractivity contribution in [1.82, 2.24) is 19.9 Å². The van der Waals surface area contributed by atoms with Gasteiger partial charge in [0.25, 0.3) is 5.56 Å². The fraction of sp³-hybridized carbons (Fsp3) is 0.731. The number of hydrogen-bond acceptors (Lipinski definition) is 5. The Morgan fingerprint density at radius 2 is 1.76 bits per heavy atom. The average Bonchev–Trinajstić information content (AvgIpc) is 3.22. The van der Waals surface area contributed by atoms with Crippen molar-refractivity contribution in [3.63, 3.8) is 0 Å². The zero-order valence-corrected chi connectivity index (χ0v) is 22.4. The lowest BCUT2D eigenvalue weighted by Crippen LogP contribution is -2.56. The van der Waals surface area contributed by atoms with Crippen LogP contribution in [-0.4, -0.2) is 34.5 Å². The SMILES string of the molecule is CC(C)[Si](c1ncc(CN2CCc3nc(C4CCCCC4)[nH]c(=O)c3C2)o1)(C(C)C)C(C)C. The van der Waals surface area contributed by atoms with E-state index in [1.54, 1.807) is 0 Å². The van der Waals surface area contributed by atoms with Crippen LogP contribution in [0, 0.1) is 0 Å². The van der Waals surface area contributed by atoms with E-state index in [-0.39, 0.29) is 5.56 Å². The van der Waals surface area contributed by atoms with Gasteiger partial charge in [0.2, 0.25) is 0 Å². The third kappa shape index (κ3) is 4.63. The van der Waals surface area contributed by atoms with E-state index in [2.05, 4.69) is 51.4 Å². The van der Waals surface area contributed by atoms with E-state index >= 15 is 0 Å². The maximum Gasteiger partial charge on any atom is 0.255 e. The highest BCUT2D eigenvalue weighted by molar-refractivity contribution is 6.93. The van der Waals surface area contributed by atoms with Crippen LogP contribution in [-0.2, 0) is 19.5 Å². The van der Waals surface area contributed by atoms with E-state index in [0.717, 1.165) is 54.2 Å². The van der Waals surface area contributed by atoms with Gasteiger partial charge in [0.15, 0.2) is 13.6 Å². The molecule has 4 rings (SSSR count). The van der Waals surface area contributed by atoms with Crippen molar-refractivity contribution < 1.29 is 4.42 Å². The molecule has 2 aromatic rings. The van der Waals surface area contributed by atoms with Gasteiger partial charge in [-0.05, 0) is 29.5 Å². The summed E-state index contributed by atoms with van der Waals surface area (Å²) in [5.74, 6) is 2.26. The van der Waals surface area contributed by atoms with Crippen molar-refractivity contribution in [2.75, 3.05) is 6.54 Å². The first-order valence-corrected chi connectivity index (χ1v) is 15.3. The largest absolute Gasteiger partial charge is 0.449 e. The third-order valence-corrected chi connectivity index (χ3v) is 15.0. The summed E-state index contributed by atoms with van der Waals surface area (Å²) in [6, 6.07) is 0. The van der Waals surface area contributed by atoms with E-state index in [4.69, 9.17) is 14.4 Å². The second-order valence-electron chi connectivity index (χ2n) is 11.2. The molecule has 0 aromatic carbocycles. The molecular weight excluding hydrogens is 428 g/mol. The Morgan fingerprint density at radius 1 is 1.09 bits per heavy atom. The Hall–Kier alpha value is -1.73. The maximum absolute atomic E-state index is 12.9. The molecule has 0 radical (unpaired) electrons. The average molecular weight is 471 g/mol. The van der Waals surface area contributed by atoms with E-state index in [1.165, 1.54) is 19.3 Å². The Morgan fingerprint density at radius 3 is 2.39 bits per heavy atom. The predicted octanol–water partition coefficient (Wildman–Crippen LogP) is 5.25. The van der Waals surface area contributed by atoms with Crippen LogP contribution in [0.25, 0.3) is 0 Å². The molecule has 3 heterocycles. The summed E-state index contributed by atoms with van der Waals surface area (Å²) in [6.07, 6.45) is 8.83. The van der Waals surface area contributed by atoms with Crippen molar-refractivity contribution in [3.05, 3.63) is 39.4 Å². The number of H-pyrrole nitrogens is 1. The number of aromatic nitrogens is 3. The smallest absolute Gasteiger partial charge is 0.255 e. The van der Waals surface area contributed by atoms with Crippen molar-refractivity contribution in [1.29, 1.82) is 0 Å². The first-order chi connectivity index (χ1) is 15.7. The molecule has 6 nitrogen and oxygen atoms in total. The van der Waals surface area contributed by atoms with Crippen molar-refractivity contribution in [3.8, 4) is 0 Å². The molecule has 0 atom stereocenters. The molecule has 33 heavy (non-hydrogen) atoms. The molecule has 1 saturated carbocycles. The molecule has 2 aromatic heterocycles. The van der Waals surface area contributed by atoms with Crippen LogP contribution >= 0.6 is 0 Å². The van der Waals surface area contributed by atoms with Crippen LogP contribution < -0.4 is 11.1 Å². The summed E-state index contributed by atoms with van der Waals surface area (Å²) >= 11 is 0. The molecule has 1 aliphatic carbocycles. The highest BCUT2D eigenvalue weighted by Crippen LogP contribution is 2.40. The molecule has 0 spiro atoms. The number of fused-ring (bicyclic) bond motifs is 1. The van der Waals surface area contributed by atoms with Crippen LogP contribution in [0.5, 0.6) is 0 Å². The number of rotatable bonds is 7. The summed E-state index contributed by atoms with van der Waals surface area (Å²) in [6.45, 7) is 16.2. The Labute approximate surface area is 199 Å². The molecule has 0 amide bonds. The second-order valence-corrected chi connectivity index (χ2v) is 17.0. The molecule has 7 heteroatoms. The zero-order valence-electron chi connectivity index (χ0n) is 21.4. The van der Waals surface area contributed by atoms with E-state index in [0.29, 0.717) is 35.6 Å². The standard InChI is InChI=1S/C26H42N4O2Si/c1-17(2)33(18(3)4,19(5)6)26-27-14-21(32-26)15-30-13-12-23-22(16-30)25(31)29-24(28-23)20-10-8-7-9-11-20/h14,17-20H,7-13,15-16H2,1-6H3,(H,28,29,31). The molecule has 0 bridgehead atoms. The lowest BCUT2D eigenvalue weighted by Gasteiger charge is -2.39. The van der Waals surface area contributed by atoms with Gasteiger partial charge in [0.1, 0.15) is 11.6 Å². The van der Waals surface area contributed by atoms with Crippen LogP contribution in [0.1, 0.15) is 102 Å². The maximum atomic E-state index is 12.9. The van der Waals surface area contributed by atoms with Crippen molar-refractivity contribution >= 4 is 13.6 Å².